The maximum Gasteiger partial charge on any atom is 0.0793 e. The highest BCUT2D eigenvalue weighted by atomic mass is 16.3. The number of aliphatic hydroxyl groups excluding tert-OH is 1. The fourth-order valence-corrected chi connectivity index (χ4v) is 2.58. The Kier molecular flexibility index (Phi) is 2.69. The van der Waals surface area contributed by atoms with Crippen LogP contribution in [0.2, 0.25) is 0 Å². The average Bonchev–Trinajstić information content (AvgIpc) is 2.40. The van der Waals surface area contributed by atoms with Crippen LogP contribution in [0.25, 0.3) is 11.1 Å². The minimum atomic E-state index is -0.276. The number of aryl methyl sites for hydroxylation is 1. The molecule has 0 heterocycles. The lowest BCUT2D eigenvalue weighted by Crippen LogP contribution is -2.08. The zero-order chi connectivity index (χ0) is 11.7. The van der Waals surface area contributed by atoms with Gasteiger partial charge in [0.1, 0.15) is 0 Å². The molecule has 0 aromatic heterocycles. The summed E-state index contributed by atoms with van der Waals surface area (Å²) < 4.78 is 0. The van der Waals surface area contributed by atoms with Gasteiger partial charge in [-0.05, 0) is 47.6 Å². The molecule has 0 spiro atoms. The smallest absolute Gasteiger partial charge is 0.0793 e. The van der Waals surface area contributed by atoms with Crippen LogP contribution in [0.15, 0.2) is 48.5 Å². The van der Waals surface area contributed by atoms with Crippen LogP contribution in [-0.2, 0) is 6.42 Å². The third-order valence-corrected chi connectivity index (χ3v) is 3.54. The molecular weight excluding hydrogens is 208 g/mol. The largest absolute Gasteiger partial charge is 0.388 e. The lowest BCUT2D eigenvalue weighted by atomic mass is 9.87. The first-order valence-electron chi connectivity index (χ1n) is 6.21. The zero-order valence-electron chi connectivity index (χ0n) is 9.76. The van der Waals surface area contributed by atoms with Gasteiger partial charge in [0.25, 0.3) is 0 Å². The highest BCUT2D eigenvalue weighted by Gasteiger charge is 2.18. The fourth-order valence-electron chi connectivity index (χ4n) is 2.58. The van der Waals surface area contributed by atoms with E-state index in [1.807, 2.05) is 18.2 Å². The zero-order valence-corrected chi connectivity index (χ0v) is 9.76. The van der Waals surface area contributed by atoms with Gasteiger partial charge in [0.2, 0.25) is 0 Å². The maximum absolute atomic E-state index is 10.0. The van der Waals surface area contributed by atoms with Crippen LogP contribution in [0.3, 0.4) is 0 Å². The Morgan fingerprint density at radius 1 is 0.941 bits per heavy atom. The first-order valence-corrected chi connectivity index (χ1v) is 6.21. The van der Waals surface area contributed by atoms with E-state index in [0.29, 0.717) is 0 Å². The van der Waals surface area contributed by atoms with Crippen molar-refractivity contribution < 1.29 is 5.11 Å². The van der Waals surface area contributed by atoms with E-state index in [9.17, 15) is 5.11 Å². The van der Waals surface area contributed by atoms with Gasteiger partial charge in [0.15, 0.2) is 0 Å². The van der Waals surface area contributed by atoms with Crippen molar-refractivity contribution >= 4 is 0 Å². The molecule has 0 amide bonds. The fraction of sp³-hybridized carbons (Fsp3) is 0.250. The number of aliphatic hydroxyl groups is 1. The molecule has 0 saturated heterocycles. The van der Waals surface area contributed by atoms with Crippen molar-refractivity contribution in [1.82, 2.24) is 0 Å². The molecule has 1 nitrogen and oxygen atoms in total. The number of rotatable bonds is 1. The molecule has 1 aliphatic carbocycles. The predicted octanol–water partition coefficient (Wildman–Crippen LogP) is 3.72. The molecule has 3 rings (SSSR count). The van der Waals surface area contributed by atoms with E-state index in [1.54, 1.807) is 0 Å². The Hall–Kier alpha value is -1.60. The molecule has 1 N–H and O–H groups in total. The standard InChI is InChI=1S/C16H16O/c17-16-8-4-7-13-9-10-14(11-15(13)16)12-5-2-1-3-6-12/h1-3,5-6,9-11,16-17H,4,7-8H2/t16-/m0/s1. The molecule has 2 aromatic rings. The SMILES string of the molecule is O[C@H]1CCCc2ccc(-c3ccccc3)cc21. The molecule has 2 aromatic carbocycles. The predicted molar refractivity (Wildman–Crippen MR) is 69.8 cm³/mol. The molecule has 0 radical (unpaired) electrons. The Labute approximate surface area is 102 Å². The van der Waals surface area contributed by atoms with Crippen LogP contribution in [0.5, 0.6) is 0 Å². The molecule has 0 saturated carbocycles. The van der Waals surface area contributed by atoms with E-state index in [-0.39, 0.29) is 6.10 Å². The number of hydrogen-bond donors (Lipinski definition) is 1. The van der Waals surface area contributed by atoms with E-state index in [0.717, 1.165) is 24.8 Å². The summed E-state index contributed by atoms with van der Waals surface area (Å²) in [6.45, 7) is 0. The number of fused-ring (bicyclic) bond motifs is 1. The topological polar surface area (TPSA) is 20.2 Å². The summed E-state index contributed by atoms with van der Waals surface area (Å²) in [5, 5.41) is 10.0. The van der Waals surface area contributed by atoms with Crippen molar-refractivity contribution in [2.75, 3.05) is 0 Å². The van der Waals surface area contributed by atoms with Crippen LogP contribution in [0.1, 0.15) is 30.1 Å². The molecule has 0 unspecified atom stereocenters. The van der Waals surface area contributed by atoms with E-state index >= 15 is 0 Å². The van der Waals surface area contributed by atoms with Crippen molar-refractivity contribution in [3.8, 4) is 11.1 Å². The summed E-state index contributed by atoms with van der Waals surface area (Å²) in [4.78, 5) is 0. The number of hydrogen-bond acceptors (Lipinski definition) is 1. The number of benzene rings is 2. The van der Waals surface area contributed by atoms with Crippen molar-refractivity contribution in [2.24, 2.45) is 0 Å². The summed E-state index contributed by atoms with van der Waals surface area (Å²) in [5.41, 5.74) is 4.85. The van der Waals surface area contributed by atoms with Gasteiger partial charge in [0.05, 0.1) is 6.10 Å². The van der Waals surface area contributed by atoms with Gasteiger partial charge in [-0.1, -0.05) is 42.5 Å². The molecule has 86 valence electrons. The van der Waals surface area contributed by atoms with Crippen LogP contribution in [0, 0.1) is 0 Å². The highest BCUT2D eigenvalue weighted by molar-refractivity contribution is 5.65. The summed E-state index contributed by atoms with van der Waals surface area (Å²) in [6, 6.07) is 16.8. The van der Waals surface area contributed by atoms with Gasteiger partial charge in [-0.2, -0.15) is 0 Å². The summed E-state index contributed by atoms with van der Waals surface area (Å²) in [5.74, 6) is 0. The Balaban J connectivity index is 2.06. The summed E-state index contributed by atoms with van der Waals surface area (Å²) in [7, 11) is 0. The minimum absolute atomic E-state index is 0.276. The van der Waals surface area contributed by atoms with Crippen LogP contribution in [-0.4, -0.2) is 5.11 Å². The quantitative estimate of drug-likeness (QED) is 0.782. The van der Waals surface area contributed by atoms with Gasteiger partial charge < -0.3 is 5.11 Å². The second-order valence-corrected chi connectivity index (χ2v) is 4.69. The molecule has 1 aliphatic rings. The maximum atomic E-state index is 10.0. The lowest BCUT2D eigenvalue weighted by Gasteiger charge is -2.22. The Morgan fingerprint density at radius 3 is 2.59 bits per heavy atom. The summed E-state index contributed by atoms with van der Waals surface area (Å²) >= 11 is 0. The molecule has 1 heteroatoms. The van der Waals surface area contributed by atoms with E-state index in [4.69, 9.17) is 0 Å². The van der Waals surface area contributed by atoms with Gasteiger partial charge >= 0.3 is 0 Å². The van der Waals surface area contributed by atoms with Gasteiger partial charge in [0, 0.05) is 0 Å². The van der Waals surface area contributed by atoms with Crippen LogP contribution in [0.4, 0.5) is 0 Å². The van der Waals surface area contributed by atoms with Crippen molar-refractivity contribution in [2.45, 2.75) is 25.4 Å². The van der Waals surface area contributed by atoms with E-state index in [2.05, 4.69) is 30.3 Å². The average molecular weight is 224 g/mol. The second-order valence-electron chi connectivity index (χ2n) is 4.69. The molecular formula is C16H16O. The highest BCUT2D eigenvalue weighted by Crippen LogP contribution is 2.32. The molecule has 1 atom stereocenters. The van der Waals surface area contributed by atoms with Gasteiger partial charge in [-0.15, -0.1) is 0 Å². The van der Waals surface area contributed by atoms with Crippen molar-refractivity contribution in [3.05, 3.63) is 59.7 Å². The lowest BCUT2D eigenvalue weighted by molar-refractivity contribution is 0.156. The third-order valence-electron chi connectivity index (χ3n) is 3.54. The van der Waals surface area contributed by atoms with E-state index in [1.165, 1.54) is 16.7 Å². The molecule has 0 aliphatic heterocycles. The first-order chi connectivity index (χ1) is 8.34. The third kappa shape index (κ3) is 1.98. The van der Waals surface area contributed by atoms with Crippen molar-refractivity contribution in [3.63, 3.8) is 0 Å². The van der Waals surface area contributed by atoms with Gasteiger partial charge in [-0.25, -0.2) is 0 Å². The monoisotopic (exact) mass is 224 g/mol. The van der Waals surface area contributed by atoms with E-state index < -0.39 is 0 Å². The Morgan fingerprint density at radius 2 is 1.76 bits per heavy atom. The molecule has 0 bridgehead atoms. The second kappa shape index (κ2) is 4.34. The minimum Gasteiger partial charge on any atom is -0.388 e. The summed E-state index contributed by atoms with van der Waals surface area (Å²) in [6.07, 6.45) is 2.81. The van der Waals surface area contributed by atoms with Crippen LogP contribution >= 0.6 is 0 Å². The normalized spacial score (nSPS) is 18.8. The first kappa shape index (κ1) is 10.5. The van der Waals surface area contributed by atoms with Gasteiger partial charge in [-0.3, -0.25) is 0 Å². The molecule has 17 heavy (non-hydrogen) atoms. The van der Waals surface area contributed by atoms with Crippen LogP contribution < -0.4 is 0 Å². The molecule has 0 fully saturated rings. The van der Waals surface area contributed by atoms with Crippen molar-refractivity contribution in [1.29, 1.82) is 0 Å². The Bertz CT molecular complexity index is 516.